The third-order valence-electron chi connectivity index (χ3n) is 6.18. The zero-order valence-electron chi connectivity index (χ0n) is 18.2. The van der Waals surface area contributed by atoms with E-state index in [9.17, 15) is 13.2 Å². The number of ether oxygens (including phenoxy) is 1. The predicted molar refractivity (Wildman–Crippen MR) is 116 cm³/mol. The first kappa shape index (κ1) is 22.9. The number of hydrogen-bond donors (Lipinski definition) is 0. The van der Waals surface area contributed by atoms with Crippen LogP contribution in [0.2, 0.25) is 0 Å². The van der Waals surface area contributed by atoms with Gasteiger partial charge in [0.2, 0.25) is 0 Å². The van der Waals surface area contributed by atoms with Crippen LogP contribution in [0.4, 0.5) is 13.2 Å². The summed E-state index contributed by atoms with van der Waals surface area (Å²) in [4.78, 5) is 0. The lowest BCUT2D eigenvalue weighted by Crippen LogP contribution is -2.25. The quantitative estimate of drug-likeness (QED) is 0.375. The average Bonchev–Trinajstić information content (AvgIpc) is 2.75. The van der Waals surface area contributed by atoms with Gasteiger partial charge in [-0.3, -0.25) is 0 Å². The standard InChI is InChI=1S/C26H33F3O/c1-3-5-6-7-9-21-13-10-20(17-30-21)22-14-12-19(16-24(22)27)23-15-11-18(8-4-2)25(28)26(23)29/h11-12,14-16,20-21H,3-10,13,17H2,1-2H3. The maximum atomic E-state index is 14.9. The van der Waals surface area contributed by atoms with Crippen molar-refractivity contribution < 1.29 is 17.9 Å². The zero-order chi connectivity index (χ0) is 21.5. The van der Waals surface area contributed by atoms with E-state index in [-0.39, 0.29) is 23.4 Å². The fourth-order valence-corrected chi connectivity index (χ4v) is 4.38. The summed E-state index contributed by atoms with van der Waals surface area (Å²) in [6, 6.07) is 7.86. The van der Waals surface area contributed by atoms with Crippen LogP contribution in [0.5, 0.6) is 0 Å². The molecule has 1 aliphatic heterocycles. The molecule has 0 saturated carbocycles. The maximum Gasteiger partial charge on any atom is 0.166 e. The van der Waals surface area contributed by atoms with E-state index in [0.717, 1.165) is 25.7 Å². The lowest BCUT2D eigenvalue weighted by molar-refractivity contribution is -0.00272. The van der Waals surface area contributed by atoms with E-state index in [2.05, 4.69) is 6.92 Å². The van der Waals surface area contributed by atoms with Gasteiger partial charge in [0.25, 0.3) is 0 Å². The van der Waals surface area contributed by atoms with E-state index in [4.69, 9.17) is 4.74 Å². The molecule has 1 aliphatic rings. The minimum atomic E-state index is -0.903. The van der Waals surface area contributed by atoms with Crippen molar-refractivity contribution in [3.05, 3.63) is 58.9 Å². The molecule has 0 bridgehead atoms. The predicted octanol–water partition coefficient (Wildman–Crippen LogP) is 7.96. The maximum absolute atomic E-state index is 14.9. The molecule has 0 aromatic heterocycles. The molecular weight excluding hydrogens is 385 g/mol. The molecule has 0 amide bonds. The van der Waals surface area contributed by atoms with Crippen molar-refractivity contribution in [2.45, 2.75) is 83.7 Å². The number of rotatable bonds is 9. The van der Waals surface area contributed by atoms with Gasteiger partial charge in [0.15, 0.2) is 11.6 Å². The van der Waals surface area contributed by atoms with Crippen LogP contribution in [0.3, 0.4) is 0 Å². The minimum absolute atomic E-state index is 0.0134. The molecule has 0 radical (unpaired) electrons. The fourth-order valence-electron chi connectivity index (χ4n) is 4.38. The lowest BCUT2D eigenvalue weighted by atomic mass is 9.88. The monoisotopic (exact) mass is 418 g/mol. The SMILES string of the molecule is CCCCCCC1CCC(c2ccc(-c3ccc(CCC)c(F)c3F)cc2F)CO1. The Morgan fingerprint density at radius 2 is 1.73 bits per heavy atom. The van der Waals surface area contributed by atoms with Crippen LogP contribution in [0.25, 0.3) is 11.1 Å². The first-order valence-electron chi connectivity index (χ1n) is 11.4. The second-order valence-electron chi connectivity index (χ2n) is 8.47. The van der Waals surface area contributed by atoms with Crippen LogP contribution in [-0.4, -0.2) is 12.7 Å². The minimum Gasteiger partial charge on any atom is -0.378 e. The van der Waals surface area contributed by atoms with E-state index < -0.39 is 11.6 Å². The Kier molecular flexibility index (Phi) is 8.38. The van der Waals surface area contributed by atoms with Crippen molar-refractivity contribution in [1.29, 1.82) is 0 Å². The van der Waals surface area contributed by atoms with Crippen molar-refractivity contribution in [1.82, 2.24) is 0 Å². The van der Waals surface area contributed by atoms with E-state index in [1.165, 1.54) is 31.7 Å². The molecule has 30 heavy (non-hydrogen) atoms. The van der Waals surface area contributed by atoms with E-state index in [1.54, 1.807) is 24.3 Å². The molecule has 3 rings (SSSR count). The molecule has 2 aromatic rings. The summed E-state index contributed by atoms with van der Waals surface area (Å²) < 4.78 is 49.7. The summed E-state index contributed by atoms with van der Waals surface area (Å²) in [6.45, 7) is 4.64. The molecule has 2 unspecified atom stereocenters. The van der Waals surface area contributed by atoms with Crippen LogP contribution in [0, 0.1) is 17.5 Å². The summed E-state index contributed by atoms with van der Waals surface area (Å²) in [5.41, 5.74) is 1.43. The first-order valence-corrected chi connectivity index (χ1v) is 11.4. The average molecular weight is 419 g/mol. The van der Waals surface area contributed by atoms with E-state index in [0.29, 0.717) is 29.7 Å². The molecule has 0 spiro atoms. The van der Waals surface area contributed by atoms with Crippen LogP contribution in [-0.2, 0) is 11.2 Å². The molecule has 164 valence electrons. The fraction of sp³-hybridized carbons (Fsp3) is 0.538. The molecule has 4 heteroatoms. The Morgan fingerprint density at radius 3 is 2.40 bits per heavy atom. The highest BCUT2D eigenvalue weighted by Gasteiger charge is 2.25. The highest BCUT2D eigenvalue weighted by atomic mass is 19.2. The Hall–Kier alpha value is -1.81. The second kappa shape index (κ2) is 11.0. The van der Waals surface area contributed by atoms with Gasteiger partial charge < -0.3 is 4.74 Å². The number of unbranched alkanes of at least 4 members (excludes halogenated alkanes) is 3. The van der Waals surface area contributed by atoms with Gasteiger partial charge in [-0.05, 0) is 48.4 Å². The van der Waals surface area contributed by atoms with Crippen molar-refractivity contribution in [2.75, 3.05) is 6.61 Å². The molecule has 2 aromatic carbocycles. The molecule has 1 saturated heterocycles. The molecule has 0 aliphatic carbocycles. The van der Waals surface area contributed by atoms with Gasteiger partial charge in [-0.2, -0.15) is 0 Å². The molecule has 1 heterocycles. The van der Waals surface area contributed by atoms with Gasteiger partial charge in [0, 0.05) is 11.5 Å². The summed E-state index contributed by atoms with van der Waals surface area (Å²) in [5, 5.41) is 0. The van der Waals surface area contributed by atoms with Gasteiger partial charge in [-0.25, -0.2) is 13.2 Å². The number of halogens is 3. The Labute approximate surface area is 178 Å². The molecule has 1 nitrogen and oxygen atoms in total. The van der Waals surface area contributed by atoms with Crippen LogP contribution >= 0.6 is 0 Å². The van der Waals surface area contributed by atoms with Crippen molar-refractivity contribution >= 4 is 0 Å². The second-order valence-corrected chi connectivity index (χ2v) is 8.47. The van der Waals surface area contributed by atoms with Crippen molar-refractivity contribution in [3.63, 3.8) is 0 Å². The smallest absolute Gasteiger partial charge is 0.166 e. The van der Waals surface area contributed by atoms with E-state index >= 15 is 0 Å². The van der Waals surface area contributed by atoms with Gasteiger partial charge in [-0.1, -0.05) is 70.2 Å². The Balaban J connectivity index is 1.66. The Bertz CT molecular complexity index is 825. The van der Waals surface area contributed by atoms with Crippen LogP contribution in [0.15, 0.2) is 30.3 Å². The van der Waals surface area contributed by atoms with Gasteiger partial charge in [-0.15, -0.1) is 0 Å². The van der Waals surface area contributed by atoms with Crippen molar-refractivity contribution in [2.24, 2.45) is 0 Å². The first-order chi connectivity index (χ1) is 14.5. The lowest BCUT2D eigenvalue weighted by Gasteiger charge is -2.29. The number of aryl methyl sites for hydroxylation is 1. The summed E-state index contributed by atoms with van der Waals surface area (Å²) in [7, 11) is 0. The number of benzene rings is 2. The molecule has 0 N–H and O–H groups in total. The Morgan fingerprint density at radius 1 is 0.900 bits per heavy atom. The van der Waals surface area contributed by atoms with E-state index in [1.807, 2.05) is 6.92 Å². The molecular formula is C26H33F3O. The largest absolute Gasteiger partial charge is 0.378 e. The normalized spacial score (nSPS) is 19.2. The topological polar surface area (TPSA) is 9.23 Å². The summed E-state index contributed by atoms with van der Waals surface area (Å²) in [6.07, 6.45) is 9.32. The summed E-state index contributed by atoms with van der Waals surface area (Å²) >= 11 is 0. The third kappa shape index (κ3) is 5.46. The van der Waals surface area contributed by atoms with Gasteiger partial charge in [0.1, 0.15) is 5.82 Å². The molecule has 1 fully saturated rings. The van der Waals surface area contributed by atoms with Gasteiger partial charge in [0.05, 0.1) is 12.7 Å². The highest BCUT2D eigenvalue weighted by molar-refractivity contribution is 5.65. The summed E-state index contributed by atoms with van der Waals surface area (Å²) in [5.74, 6) is -2.09. The van der Waals surface area contributed by atoms with Crippen LogP contribution < -0.4 is 0 Å². The number of hydrogen-bond acceptors (Lipinski definition) is 1. The van der Waals surface area contributed by atoms with Crippen LogP contribution in [0.1, 0.15) is 82.3 Å². The van der Waals surface area contributed by atoms with Crippen molar-refractivity contribution in [3.8, 4) is 11.1 Å². The zero-order valence-corrected chi connectivity index (χ0v) is 18.2. The molecule has 2 atom stereocenters. The highest BCUT2D eigenvalue weighted by Crippen LogP contribution is 2.34. The van der Waals surface area contributed by atoms with Gasteiger partial charge >= 0.3 is 0 Å². The third-order valence-corrected chi connectivity index (χ3v) is 6.18.